The van der Waals surface area contributed by atoms with E-state index < -0.39 is 0 Å². The number of hydrogen-bond acceptors (Lipinski definition) is 3. The van der Waals surface area contributed by atoms with Gasteiger partial charge in [0, 0.05) is 11.8 Å². The van der Waals surface area contributed by atoms with Crippen LogP contribution in [-0.2, 0) is 12.8 Å². The van der Waals surface area contributed by atoms with Crippen molar-refractivity contribution < 1.29 is 14.3 Å². The average Bonchev–Trinajstić information content (AvgIpc) is 3.09. The van der Waals surface area contributed by atoms with E-state index in [9.17, 15) is 4.79 Å². The van der Waals surface area contributed by atoms with Crippen LogP contribution < -0.4 is 20.1 Å². The first-order valence-corrected chi connectivity index (χ1v) is 8.78. The molecule has 1 aliphatic carbocycles. The summed E-state index contributed by atoms with van der Waals surface area (Å²) in [5, 5.41) is 5.85. The Labute approximate surface area is 147 Å². The average molecular weight is 338 g/mol. The summed E-state index contributed by atoms with van der Waals surface area (Å²) < 4.78 is 10.6. The van der Waals surface area contributed by atoms with Gasteiger partial charge in [-0.2, -0.15) is 0 Å². The van der Waals surface area contributed by atoms with Crippen molar-refractivity contribution in [2.45, 2.75) is 38.6 Å². The van der Waals surface area contributed by atoms with Crippen LogP contribution >= 0.6 is 0 Å². The number of fused-ring (bicyclic) bond motifs is 2. The Morgan fingerprint density at radius 3 is 2.68 bits per heavy atom. The van der Waals surface area contributed by atoms with Crippen molar-refractivity contribution in [3.63, 3.8) is 0 Å². The van der Waals surface area contributed by atoms with Crippen LogP contribution in [0.5, 0.6) is 11.5 Å². The second kappa shape index (κ2) is 6.67. The summed E-state index contributed by atoms with van der Waals surface area (Å²) in [5.74, 6) is 1.36. The Hall–Kier alpha value is -2.69. The number of rotatable bonds is 3. The van der Waals surface area contributed by atoms with E-state index >= 15 is 0 Å². The van der Waals surface area contributed by atoms with Gasteiger partial charge in [0.25, 0.3) is 0 Å². The number of aryl methyl sites for hydroxylation is 2. The number of ether oxygens (including phenoxy) is 2. The molecule has 2 aromatic rings. The number of urea groups is 1. The Bertz CT molecular complexity index is 804. The zero-order valence-electron chi connectivity index (χ0n) is 14.3. The molecule has 2 aliphatic rings. The molecule has 2 N–H and O–H groups in total. The second-order valence-electron chi connectivity index (χ2n) is 6.62. The van der Waals surface area contributed by atoms with Gasteiger partial charge < -0.3 is 20.1 Å². The summed E-state index contributed by atoms with van der Waals surface area (Å²) in [6.07, 6.45) is 4.84. The number of carbonyl (C=O) groups is 1. The molecule has 130 valence electrons. The first-order chi connectivity index (χ1) is 12.2. The fourth-order valence-corrected chi connectivity index (χ4v) is 3.44. The number of benzene rings is 2. The maximum absolute atomic E-state index is 12.3. The highest BCUT2D eigenvalue weighted by Crippen LogP contribution is 2.34. The van der Waals surface area contributed by atoms with Crippen molar-refractivity contribution in [3.05, 3.63) is 53.1 Å². The van der Waals surface area contributed by atoms with Crippen LogP contribution in [-0.4, -0.2) is 12.8 Å². The third-order valence-electron chi connectivity index (χ3n) is 4.85. The number of carbonyl (C=O) groups excluding carboxylic acids is 1. The van der Waals surface area contributed by atoms with Crippen molar-refractivity contribution in [1.29, 1.82) is 0 Å². The molecule has 5 nitrogen and oxygen atoms in total. The first kappa shape index (κ1) is 15.8. The summed E-state index contributed by atoms with van der Waals surface area (Å²) in [5.41, 5.74) is 4.70. The van der Waals surface area contributed by atoms with Gasteiger partial charge in [0.15, 0.2) is 11.5 Å². The zero-order valence-corrected chi connectivity index (χ0v) is 14.3. The SMILES string of the molecule is CC(NC(=O)Nc1ccc2c(c1)OCO2)c1ccc2c(c1)CCCC2. The van der Waals surface area contributed by atoms with Crippen LogP contribution in [0.3, 0.4) is 0 Å². The fraction of sp³-hybridized carbons (Fsp3) is 0.350. The van der Waals surface area contributed by atoms with E-state index in [2.05, 4.69) is 28.8 Å². The van der Waals surface area contributed by atoms with E-state index in [-0.39, 0.29) is 18.9 Å². The lowest BCUT2D eigenvalue weighted by Crippen LogP contribution is -2.31. The van der Waals surface area contributed by atoms with E-state index in [0.29, 0.717) is 17.2 Å². The van der Waals surface area contributed by atoms with E-state index in [4.69, 9.17) is 9.47 Å². The van der Waals surface area contributed by atoms with Gasteiger partial charge in [-0.3, -0.25) is 0 Å². The van der Waals surface area contributed by atoms with Gasteiger partial charge in [-0.05, 0) is 61.4 Å². The van der Waals surface area contributed by atoms with Crippen molar-refractivity contribution in [1.82, 2.24) is 5.32 Å². The fourth-order valence-electron chi connectivity index (χ4n) is 3.44. The Morgan fingerprint density at radius 1 is 1.00 bits per heavy atom. The lowest BCUT2D eigenvalue weighted by Gasteiger charge is -2.20. The number of amides is 2. The van der Waals surface area contributed by atoms with Crippen LogP contribution in [0.2, 0.25) is 0 Å². The summed E-state index contributed by atoms with van der Waals surface area (Å²) in [7, 11) is 0. The van der Waals surface area contributed by atoms with Gasteiger partial charge in [0.05, 0.1) is 6.04 Å². The van der Waals surface area contributed by atoms with Gasteiger partial charge in [-0.25, -0.2) is 4.79 Å². The molecule has 1 aliphatic heterocycles. The van der Waals surface area contributed by atoms with Gasteiger partial charge >= 0.3 is 6.03 Å². The number of anilines is 1. The molecule has 1 heterocycles. The monoisotopic (exact) mass is 338 g/mol. The maximum Gasteiger partial charge on any atom is 0.319 e. The van der Waals surface area contributed by atoms with Crippen molar-refractivity contribution >= 4 is 11.7 Å². The Balaban J connectivity index is 1.40. The van der Waals surface area contributed by atoms with Crippen LogP contribution in [0, 0.1) is 0 Å². The van der Waals surface area contributed by atoms with E-state index in [1.165, 1.54) is 30.4 Å². The molecule has 0 saturated heterocycles. The largest absolute Gasteiger partial charge is 0.454 e. The molecule has 5 heteroatoms. The van der Waals surface area contributed by atoms with Crippen molar-refractivity contribution in [2.24, 2.45) is 0 Å². The molecule has 0 saturated carbocycles. The summed E-state index contributed by atoms with van der Waals surface area (Å²) >= 11 is 0. The molecule has 2 amide bonds. The van der Waals surface area contributed by atoms with Gasteiger partial charge in [0.2, 0.25) is 6.79 Å². The molecular formula is C20H22N2O3. The van der Waals surface area contributed by atoms with E-state index in [0.717, 1.165) is 12.0 Å². The highest BCUT2D eigenvalue weighted by Gasteiger charge is 2.16. The van der Waals surface area contributed by atoms with Gasteiger partial charge in [0.1, 0.15) is 0 Å². The van der Waals surface area contributed by atoms with Crippen LogP contribution in [0.4, 0.5) is 10.5 Å². The van der Waals surface area contributed by atoms with Crippen LogP contribution in [0.15, 0.2) is 36.4 Å². The first-order valence-electron chi connectivity index (χ1n) is 8.78. The molecule has 0 bridgehead atoms. The predicted molar refractivity (Wildman–Crippen MR) is 96.2 cm³/mol. The smallest absolute Gasteiger partial charge is 0.319 e. The van der Waals surface area contributed by atoms with Gasteiger partial charge in [-0.15, -0.1) is 0 Å². The molecule has 1 unspecified atom stereocenters. The molecule has 4 rings (SSSR count). The van der Waals surface area contributed by atoms with Crippen molar-refractivity contribution in [2.75, 3.05) is 12.1 Å². The Kier molecular flexibility index (Phi) is 4.22. The normalized spacial score (nSPS) is 16.0. The van der Waals surface area contributed by atoms with Crippen LogP contribution in [0.25, 0.3) is 0 Å². The topological polar surface area (TPSA) is 59.6 Å². The molecule has 0 aromatic heterocycles. The minimum atomic E-state index is -0.232. The maximum atomic E-state index is 12.3. The van der Waals surface area contributed by atoms with Crippen molar-refractivity contribution in [3.8, 4) is 11.5 Å². The lowest BCUT2D eigenvalue weighted by molar-refractivity contribution is 0.174. The molecule has 1 atom stereocenters. The highest BCUT2D eigenvalue weighted by atomic mass is 16.7. The molecule has 25 heavy (non-hydrogen) atoms. The second-order valence-corrected chi connectivity index (χ2v) is 6.62. The Morgan fingerprint density at radius 2 is 1.80 bits per heavy atom. The summed E-state index contributed by atoms with van der Waals surface area (Å²) in [4.78, 5) is 12.3. The molecule has 2 aromatic carbocycles. The number of hydrogen-bond donors (Lipinski definition) is 2. The third-order valence-corrected chi connectivity index (χ3v) is 4.85. The molecule has 0 fully saturated rings. The van der Waals surface area contributed by atoms with E-state index in [1.807, 2.05) is 6.92 Å². The standard InChI is InChI=1S/C20H22N2O3/c1-13(15-7-6-14-4-2-3-5-16(14)10-15)21-20(23)22-17-8-9-18-19(11-17)25-12-24-18/h6-11,13H,2-5,12H2,1H3,(H2,21,22,23). The van der Waals surface area contributed by atoms with E-state index in [1.54, 1.807) is 18.2 Å². The number of nitrogens with one attached hydrogen (secondary N) is 2. The van der Waals surface area contributed by atoms with Gasteiger partial charge in [-0.1, -0.05) is 18.2 Å². The lowest BCUT2D eigenvalue weighted by atomic mass is 9.89. The van der Waals surface area contributed by atoms with Crippen LogP contribution in [0.1, 0.15) is 42.5 Å². The molecular weight excluding hydrogens is 316 g/mol. The quantitative estimate of drug-likeness (QED) is 0.883. The molecule has 0 spiro atoms. The minimum Gasteiger partial charge on any atom is -0.454 e. The summed E-state index contributed by atoms with van der Waals surface area (Å²) in [6, 6.07) is 11.6. The summed E-state index contributed by atoms with van der Waals surface area (Å²) in [6.45, 7) is 2.23. The minimum absolute atomic E-state index is 0.0544. The molecule has 0 radical (unpaired) electrons. The zero-order chi connectivity index (χ0) is 17.2. The predicted octanol–water partition coefficient (Wildman–Crippen LogP) is 4.18. The highest BCUT2D eigenvalue weighted by molar-refractivity contribution is 5.90. The third kappa shape index (κ3) is 3.40.